The summed E-state index contributed by atoms with van der Waals surface area (Å²) in [6.45, 7) is 1.00. The quantitative estimate of drug-likeness (QED) is 0.698. The van der Waals surface area contributed by atoms with Gasteiger partial charge in [-0.1, -0.05) is 19.3 Å². The van der Waals surface area contributed by atoms with Gasteiger partial charge >= 0.3 is 0 Å². The lowest BCUT2D eigenvalue weighted by molar-refractivity contribution is 0.119. The molecule has 1 aromatic rings. The fourth-order valence-electron chi connectivity index (χ4n) is 2.29. The third-order valence-electron chi connectivity index (χ3n) is 3.33. The number of aliphatic hydroxyl groups is 1. The molecule has 2 rings (SSSR count). The van der Waals surface area contributed by atoms with E-state index in [1.807, 2.05) is 6.07 Å². The standard InChI is InChI=1S/C11H19N3O/c15-9-11(5-2-1-3-6-11)12-8-10-4-7-13-14-10/h4,7,12,15H,1-3,5-6,8-9H2,(H,13,14). The van der Waals surface area contributed by atoms with Gasteiger partial charge in [0.1, 0.15) is 0 Å². The maximum Gasteiger partial charge on any atom is 0.0613 e. The lowest BCUT2D eigenvalue weighted by Crippen LogP contribution is -2.49. The Morgan fingerprint density at radius 2 is 2.20 bits per heavy atom. The van der Waals surface area contributed by atoms with Crippen LogP contribution in [-0.2, 0) is 6.54 Å². The molecule has 1 aliphatic carbocycles. The van der Waals surface area contributed by atoms with Crippen molar-refractivity contribution in [1.82, 2.24) is 15.5 Å². The van der Waals surface area contributed by atoms with Crippen LogP contribution in [0.15, 0.2) is 12.3 Å². The van der Waals surface area contributed by atoms with Gasteiger partial charge in [0.25, 0.3) is 0 Å². The Morgan fingerprint density at radius 1 is 1.40 bits per heavy atom. The molecule has 1 aliphatic rings. The minimum atomic E-state index is -0.0522. The normalized spacial score (nSPS) is 20.3. The summed E-state index contributed by atoms with van der Waals surface area (Å²) in [5.41, 5.74) is 1.02. The Hall–Kier alpha value is -0.870. The van der Waals surface area contributed by atoms with E-state index in [1.165, 1.54) is 19.3 Å². The molecule has 1 aromatic heterocycles. The molecule has 0 aliphatic heterocycles. The van der Waals surface area contributed by atoms with Gasteiger partial charge in [-0.3, -0.25) is 5.10 Å². The first-order valence-electron chi connectivity index (χ1n) is 5.69. The Labute approximate surface area is 90.1 Å². The van der Waals surface area contributed by atoms with Gasteiger partial charge in [0, 0.05) is 24.0 Å². The molecular weight excluding hydrogens is 190 g/mol. The van der Waals surface area contributed by atoms with Crippen molar-refractivity contribution in [3.05, 3.63) is 18.0 Å². The average Bonchev–Trinajstić information content (AvgIpc) is 2.81. The van der Waals surface area contributed by atoms with Crippen molar-refractivity contribution < 1.29 is 5.11 Å². The molecule has 0 amide bonds. The van der Waals surface area contributed by atoms with Crippen LogP contribution in [-0.4, -0.2) is 27.4 Å². The number of aromatic amines is 1. The second kappa shape index (κ2) is 4.77. The first-order chi connectivity index (χ1) is 7.35. The minimum absolute atomic E-state index is 0.0522. The first-order valence-corrected chi connectivity index (χ1v) is 5.69. The van der Waals surface area contributed by atoms with Crippen molar-refractivity contribution in [2.24, 2.45) is 0 Å². The molecule has 0 spiro atoms. The van der Waals surface area contributed by atoms with Crippen LogP contribution in [0.4, 0.5) is 0 Å². The summed E-state index contributed by atoms with van der Waals surface area (Å²) in [7, 11) is 0. The molecule has 4 nitrogen and oxygen atoms in total. The van der Waals surface area contributed by atoms with E-state index in [1.54, 1.807) is 6.20 Å². The van der Waals surface area contributed by atoms with Gasteiger partial charge in [0.05, 0.1) is 6.61 Å². The van der Waals surface area contributed by atoms with Crippen LogP contribution in [0.2, 0.25) is 0 Å². The van der Waals surface area contributed by atoms with E-state index in [2.05, 4.69) is 15.5 Å². The number of rotatable bonds is 4. The number of nitrogens with one attached hydrogen (secondary N) is 2. The lowest BCUT2D eigenvalue weighted by Gasteiger charge is -2.36. The molecular formula is C11H19N3O. The van der Waals surface area contributed by atoms with E-state index in [0.717, 1.165) is 25.1 Å². The van der Waals surface area contributed by atoms with Crippen LogP contribution < -0.4 is 5.32 Å². The van der Waals surface area contributed by atoms with Gasteiger partial charge in [-0.15, -0.1) is 0 Å². The van der Waals surface area contributed by atoms with E-state index in [9.17, 15) is 5.11 Å². The molecule has 1 fully saturated rings. The van der Waals surface area contributed by atoms with Crippen LogP contribution in [0.5, 0.6) is 0 Å². The molecule has 0 aromatic carbocycles. The van der Waals surface area contributed by atoms with Gasteiger partial charge in [0.2, 0.25) is 0 Å². The second-order valence-corrected chi connectivity index (χ2v) is 4.43. The van der Waals surface area contributed by atoms with Crippen molar-refractivity contribution in [2.75, 3.05) is 6.61 Å². The third kappa shape index (κ3) is 2.58. The highest BCUT2D eigenvalue weighted by molar-refractivity contribution is 4.99. The molecule has 1 saturated carbocycles. The zero-order chi connectivity index (χ0) is 10.6. The third-order valence-corrected chi connectivity index (χ3v) is 3.33. The van der Waals surface area contributed by atoms with Gasteiger partial charge < -0.3 is 10.4 Å². The van der Waals surface area contributed by atoms with E-state index < -0.39 is 0 Å². The molecule has 84 valence electrons. The monoisotopic (exact) mass is 209 g/mol. The molecule has 0 unspecified atom stereocenters. The lowest BCUT2D eigenvalue weighted by atomic mass is 9.82. The summed E-state index contributed by atoms with van der Waals surface area (Å²) in [4.78, 5) is 0. The summed E-state index contributed by atoms with van der Waals surface area (Å²) < 4.78 is 0. The van der Waals surface area contributed by atoms with Gasteiger partial charge in [0.15, 0.2) is 0 Å². The second-order valence-electron chi connectivity index (χ2n) is 4.43. The average molecular weight is 209 g/mol. The summed E-state index contributed by atoms with van der Waals surface area (Å²) in [6.07, 6.45) is 7.65. The SMILES string of the molecule is OCC1(NCc2ccn[nH]2)CCCCC1. The Bertz CT molecular complexity index is 278. The molecule has 0 radical (unpaired) electrons. The van der Waals surface area contributed by atoms with Gasteiger partial charge in [-0.25, -0.2) is 0 Å². The molecule has 3 N–H and O–H groups in total. The number of nitrogens with zero attached hydrogens (tertiary/aromatic N) is 1. The smallest absolute Gasteiger partial charge is 0.0613 e. The van der Waals surface area contributed by atoms with Gasteiger partial charge in [-0.05, 0) is 18.9 Å². The largest absolute Gasteiger partial charge is 0.394 e. The number of hydrogen-bond donors (Lipinski definition) is 3. The van der Waals surface area contributed by atoms with E-state index >= 15 is 0 Å². The highest BCUT2D eigenvalue weighted by Crippen LogP contribution is 2.27. The van der Waals surface area contributed by atoms with Crippen molar-refractivity contribution in [3.8, 4) is 0 Å². The predicted octanol–water partition coefficient (Wildman–Crippen LogP) is 1.19. The Balaban J connectivity index is 1.89. The minimum Gasteiger partial charge on any atom is -0.394 e. The zero-order valence-electron chi connectivity index (χ0n) is 9.00. The molecule has 1 heterocycles. The van der Waals surface area contributed by atoms with Crippen molar-refractivity contribution in [3.63, 3.8) is 0 Å². The highest BCUT2D eigenvalue weighted by atomic mass is 16.3. The molecule has 4 heteroatoms. The predicted molar refractivity (Wildman–Crippen MR) is 58.3 cm³/mol. The van der Waals surface area contributed by atoms with Crippen LogP contribution in [0, 0.1) is 0 Å². The molecule has 0 saturated heterocycles. The molecule has 0 atom stereocenters. The zero-order valence-corrected chi connectivity index (χ0v) is 9.00. The Morgan fingerprint density at radius 3 is 2.80 bits per heavy atom. The van der Waals surface area contributed by atoms with Crippen LogP contribution in [0.3, 0.4) is 0 Å². The summed E-state index contributed by atoms with van der Waals surface area (Å²) in [6, 6.07) is 1.96. The van der Waals surface area contributed by atoms with Crippen molar-refractivity contribution in [1.29, 1.82) is 0 Å². The van der Waals surface area contributed by atoms with Crippen LogP contribution in [0.25, 0.3) is 0 Å². The van der Waals surface area contributed by atoms with Crippen molar-refractivity contribution >= 4 is 0 Å². The summed E-state index contributed by atoms with van der Waals surface area (Å²) in [5.74, 6) is 0. The topological polar surface area (TPSA) is 60.9 Å². The van der Waals surface area contributed by atoms with E-state index in [-0.39, 0.29) is 12.1 Å². The van der Waals surface area contributed by atoms with E-state index in [0.29, 0.717) is 0 Å². The van der Waals surface area contributed by atoms with Crippen LogP contribution in [0.1, 0.15) is 37.8 Å². The number of aromatic nitrogens is 2. The highest BCUT2D eigenvalue weighted by Gasteiger charge is 2.30. The number of H-pyrrole nitrogens is 1. The molecule has 15 heavy (non-hydrogen) atoms. The van der Waals surface area contributed by atoms with Gasteiger partial charge in [-0.2, -0.15) is 5.10 Å². The Kier molecular flexibility index (Phi) is 3.38. The maximum atomic E-state index is 9.48. The fourth-order valence-corrected chi connectivity index (χ4v) is 2.29. The number of aliphatic hydroxyl groups excluding tert-OH is 1. The van der Waals surface area contributed by atoms with Crippen molar-refractivity contribution in [2.45, 2.75) is 44.2 Å². The fraction of sp³-hybridized carbons (Fsp3) is 0.727. The maximum absolute atomic E-state index is 9.48. The van der Waals surface area contributed by atoms with Crippen LogP contribution >= 0.6 is 0 Å². The number of hydrogen-bond acceptors (Lipinski definition) is 3. The summed E-state index contributed by atoms with van der Waals surface area (Å²) in [5, 5.41) is 19.8. The first kappa shape index (κ1) is 10.6. The summed E-state index contributed by atoms with van der Waals surface area (Å²) >= 11 is 0. The van der Waals surface area contributed by atoms with E-state index in [4.69, 9.17) is 0 Å². The molecule has 0 bridgehead atoms.